The number of halogens is 1. The number of hydrogen-bond donors (Lipinski definition) is 3. The summed E-state index contributed by atoms with van der Waals surface area (Å²) < 4.78 is 0. The number of amides is 1. The number of nitrogens with zero attached hydrogens (tertiary/aromatic N) is 2. The number of aliphatic imine (C=N–C) groups is 1. The number of likely N-dealkylation sites (N-methyl/N-ethyl adjacent to an activating group) is 1. The van der Waals surface area contributed by atoms with E-state index in [0.29, 0.717) is 6.42 Å². The molecule has 6 nitrogen and oxygen atoms in total. The Kier molecular flexibility index (Phi) is 7.94. The summed E-state index contributed by atoms with van der Waals surface area (Å²) in [6.45, 7) is 6.46. The van der Waals surface area contributed by atoms with Crippen molar-refractivity contribution < 1.29 is 4.79 Å². The second-order valence-electron chi connectivity index (χ2n) is 6.98. The van der Waals surface area contributed by atoms with E-state index in [1.807, 2.05) is 7.05 Å². The van der Waals surface area contributed by atoms with Crippen LogP contribution in [-0.2, 0) is 11.2 Å². The second kappa shape index (κ2) is 9.96. The Morgan fingerprint density at radius 2 is 2.22 bits per heavy atom. The first-order chi connectivity index (χ1) is 12.6. The zero-order valence-electron chi connectivity index (χ0n) is 16.3. The number of piperidine rings is 1. The quantitative estimate of drug-likeness (QED) is 0.348. The molecule has 1 aliphatic heterocycles. The van der Waals surface area contributed by atoms with Crippen molar-refractivity contribution in [3.63, 3.8) is 0 Å². The fraction of sp³-hybridized carbons (Fsp3) is 0.500. The van der Waals surface area contributed by atoms with Crippen LogP contribution in [0.3, 0.4) is 0 Å². The van der Waals surface area contributed by atoms with Crippen LogP contribution in [0.2, 0.25) is 0 Å². The summed E-state index contributed by atoms with van der Waals surface area (Å²) in [7, 11) is 1.86. The van der Waals surface area contributed by atoms with Gasteiger partial charge in [0, 0.05) is 56.2 Å². The number of benzene rings is 1. The number of aryl methyl sites for hydroxylation is 1. The lowest BCUT2D eigenvalue weighted by atomic mass is 10.1. The SMILES string of the molecule is CCNC(=NCCc1c[nH]c2c(C)cccc12)NC1CCC(=O)N(C)C1.I. The van der Waals surface area contributed by atoms with Gasteiger partial charge in [-0.05, 0) is 37.8 Å². The standard InChI is InChI=1S/C20H29N5O.HI/c1-4-21-20(24-16-8-9-18(26)25(3)13-16)22-11-10-15-12-23-19-14(2)6-5-7-17(15)19;/h5-7,12,16,23H,4,8-11,13H2,1-3H3,(H2,21,22,24);1H. The summed E-state index contributed by atoms with van der Waals surface area (Å²) in [5, 5.41) is 8.06. The number of H-pyrrole nitrogens is 1. The molecule has 3 rings (SSSR count). The Hall–Kier alpha value is -1.77. The third kappa shape index (κ3) is 5.37. The number of likely N-dealkylation sites (tertiary alicyclic amines) is 1. The van der Waals surface area contributed by atoms with Gasteiger partial charge in [-0.2, -0.15) is 0 Å². The van der Waals surface area contributed by atoms with Crippen molar-refractivity contribution >= 4 is 46.7 Å². The monoisotopic (exact) mass is 483 g/mol. The van der Waals surface area contributed by atoms with Crippen LogP contribution in [0.15, 0.2) is 29.4 Å². The van der Waals surface area contributed by atoms with Crippen molar-refractivity contribution in [1.29, 1.82) is 0 Å². The lowest BCUT2D eigenvalue weighted by Gasteiger charge is -2.31. The molecule has 1 fully saturated rings. The Morgan fingerprint density at radius 3 is 2.96 bits per heavy atom. The Morgan fingerprint density at radius 1 is 1.41 bits per heavy atom. The largest absolute Gasteiger partial charge is 0.361 e. The predicted molar refractivity (Wildman–Crippen MR) is 122 cm³/mol. The molecule has 1 saturated heterocycles. The number of fused-ring (bicyclic) bond motifs is 1. The number of nitrogens with one attached hydrogen (secondary N) is 3. The summed E-state index contributed by atoms with van der Waals surface area (Å²) in [5.41, 5.74) is 3.78. The number of para-hydroxylation sites is 1. The third-order valence-electron chi connectivity index (χ3n) is 4.97. The van der Waals surface area contributed by atoms with Gasteiger partial charge in [0.05, 0.1) is 0 Å². The van der Waals surface area contributed by atoms with Crippen molar-refractivity contribution in [2.24, 2.45) is 4.99 Å². The molecule has 0 spiro atoms. The lowest BCUT2D eigenvalue weighted by molar-refractivity contribution is -0.132. The second-order valence-corrected chi connectivity index (χ2v) is 6.98. The summed E-state index contributed by atoms with van der Waals surface area (Å²) in [5.74, 6) is 1.05. The minimum atomic E-state index is 0. The van der Waals surface area contributed by atoms with Gasteiger partial charge in [-0.1, -0.05) is 18.2 Å². The number of hydrogen-bond acceptors (Lipinski definition) is 2. The van der Waals surface area contributed by atoms with E-state index in [-0.39, 0.29) is 35.9 Å². The van der Waals surface area contributed by atoms with E-state index < -0.39 is 0 Å². The first-order valence-corrected chi connectivity index (χ1v) is 9.43. The highest BCUT2D eigenvalue weighted by Gasteiger charge is 2.23. The molecule has 148 valence electrons. The molecule has 1 aliphatic rings. The number of rotatable bonds is 5. The van der Waals surface area contributed by atoms with Crippen molar-refractivity contribution in [1.82, 2.24) is 20.5 Å². The molecule has 0 aliphatic carbocycles. The minimum Gasteiger partial charge on any atom is -0.361 e. The zero-order valence-corrected chi connectivity index (χ0v) is 18.7. The Bertz CT molecular complexity index is 801. The molecule has 1 amide bonds. The van der Waals surface area contributed by atoms with E-state index in [9.17, 15) is 4.79 Å². The van der Waals surface area contributed by atoms with Gasteiger partial charge in [-0.25, -0.2) is 0 Å². The number of aromatic nitrogens is 1. The van der Waals surface area contributed by atoms with Crippen LogP contribution in [0, 0.1) is 6.92 Å². The molecular weight excluding hydrogens is 453 g/mol. The van der Waals surface area contributed by atoms with Crippen LogP contribution in [-0.4, -0.2) is 54.5 Å². The maximum atomic E-state index is 11.6. The van der Waals surface area contributed by atoms with Crippen LogP contribution in [0.4, 0.5) is 0 Å². The smallest absolute Gasteiger partial charge is 0.222 e. The zero-order chi connectivity index (χ0) is 18.5. The highest BCUT2D eigenvalue weighted by atomic mass is 127. The molecule has 2 heterocycles. The first kappa shape index (κ1) is 21.5. The predicted octanol–water partition coefficient (Wildman–Crippen LogP) is 2.81. The molecule has 1 aromatic heterocycles. The molecule has 27 heavy (non-hydrogen) atoms. The van der Waals surface area contributed by atoms with Crippen molar-refractivity contribution in [2.45, 2.75) is 39.2 Å². The lowest BCUT2D eigenvalue weighted by Crippen LogP contribution is -2.51. The summed E-state index contributed by atoms with van der Waals surface area (Å²) in [6, 6.07) is 6.65. The molecule has 1 unspecified atom stereocenters. The van der Waals surface area contributed by atoms with E-state index in [1.165, 1.54) is 22.0 Å². The van der Waals surface area contributed by atoms with Gasteiger partial charge in [-0.15, -0.1) is 24.0 Å². The molecule has 3 N–H and O–H groups in total. The maximum absolute atomic E-state index is 11.6. The molecule has 2 aromatic rings. The van der Waals surface area contributed by atoms with Gasteiger partial charge in [0.1, 0.15) is 0 Å². The van der Waals surface area contributed by atoms with Crippen molar-refractivity contribution in [3.05, 3.63) is 35.5 Å². The van der Waals surface area contributed by atoms with Crippen LogP contribution in [0.5, 0.6) is 0 Å². The summed E-state index contributed by atoms with van der Waals surface area (Å²) in [6.07, 6.45) is 4.44. The van der Waals surface area contributed by atoms with Gasteiger partial charge in [0.25, 0.3) is 0 Å². The van der Waals surface area contributed by atoms with E-state index in [2.05, 4.69) is 53.9 Å². The van der Waals surface area contributed by atoms with Crippen molar-refractivity contribution in [3.8, 4) is 0 Å². The van der Waals surface area contributed by atoms with E-state index in [1.54, 1.807) is 4.90 Å². The first-order valence-electron chi connectivity index (χ1n) is 9.43. The van der Waals surface area contributed by atoms with E-state index >= 15 is 0 Å². The molecule has 0 radical (unpaired) electrons. The van der Waals surface area contributed by atoms with E-state index in [4.69, 9.17) is 4.99 Å². The number of carbonyl (C=O) groups excluding carboxylic acids is 1. The van der Waals surface area contributed by atoms with Gasteiger partial charge >= 0.3 is 0 Å². The fourth-order valence-corrected chi connectivity index (χ4v) is 3.50. The summed E-state index contributed by atoms with van der Waals surface area (Å²) in [4.78, 5) is 21.5. The average Bonchev–Trinajstić information content (AvgIpc) is 3.03. The molecular formula is C20H30IN5O. The Balaban J connectivity index is 0.00000261. The van der Waals surface area contributed by atoms with Gasteiger partial charge in [0.15, 0.2) is 5.96 Å². The minimum absolute atomic E-state index is 0. The third-order valence-corrected chi connectivity index (χ3v) is 4.97. The van der Waals surface area contributed by atoms with Crippen LogP contribution >= 0.6 is 24.0 Å². The number of guanidine groups is 1. The fourth-order valence-electron chi connectivity index (χ4n) is 3.50. The van der Waals surface area contributed by atoms with Gasteiger partial charge < -0.3 is 20.5 Å². The normalized spacial score (nSPS) is 17.7. The van der Waals surface area contributed by atoms with Crippen LogP contribution < -0.4 is 10.6 Å². The maximum Gasteiger partial charge on any atom is 0.222 e. The molecule has 1 aromatic carbocycles. The molecule has 7 heteroatoms. The molecule has 0 saturated carbocycles. The highest BCUT2D eigenvalue weighted by molar-refractivity contribution is 14.0. The average molecular weight is 483 g/mol. The van der Waals surface area contributed by atoms with Crippen molar-refractivity contribution in [2.75, 3.05) is 26.7 Å². The Labute approximate surface area is 178 Å². The van der Waals surface area contributed by atoms with Gasteiger partial charge in [-0.3, -0.25) is 9.79 Å². The van der Waals surface area contributed by atoms with Crippen LogP contribution in [0.25, 0.3) is 10.9 Å². The van der Waals surface area contributed by atoms with E-state index in [0.717, 1.165) is 38.4 Å². The number of aromatic amines is 1. The highest BCUT2D eigenvalue weighted by Crippen LogP contribution is 2.21. The number of carbonyl (C=O) groups is 1. The summed E-state index contributed by atoms with van der Waals surface area (Å²) >= 11 is 0. The topological polar surface area (TPSA) is 72.5 Å². The van der Waals surface area contributed by atoms with Gasteiger partial charge in [0.2, 0.25) is 5.91 Å². The molecule has 0 bridgehead atoms. The van der Waals surface area contributed by atoms with Crippen LogP contribution in [0.1, 0.15) is 30.9 Å². The molecule has 1 atom stereocenters.